The first-order valence-corrected chi connectivity index (χ1v) is 11.7. The second-order valence-electron chi connectivity index (χ2n) is 7.45. The summed E-state index contributed by atoms with van der Waals surface area (Å²) in [5.74, 6) is 2.76. The summed E-state index contributed by atoms with van der Waals surface area (Å²) in [4.78, 5) is 12.0. The van der Waals surface area contributed by atoms with E-state index in [1.54, 1.807) is 42.6 Å². The molecule has 1 amide bonds. The zero-order valence-corrected chi connectivity index (χ0v) is 19.1. The number of rotatable bonds is 10. The molecular weight excluding hydrogens is 430 g/mol. The van der Waals surface area contributed by atoms with Crippen molar-refractivity contribution >= 4 is 23.3 Å². The van der Waals surface area contributed by atoms with E-state index in [-0.39, 0.29) is 5.91 Å². The molecule has 170 valence electrons. The quantitative estimate of drug-likeness (QED) is 0.464. The summed E-state index contributed by atoms with van der Waals surface area (Å²) in [6.45, 7) is 0.751. The molecule has 0 aliphatic heterocycles. The number of hydrogen-bond acceptors (Lipinski definition) is 8. The van der Waals surface area contributed by atoms with Crippen molar-refractivity contribution in [1.82, 2.24) is 25.1 Å². The van der Waals surface area contributed by atoms with E-state index in [0.717, 1.165) is 5.56 Å². The Labute approximate surface area is 190 Å². The molecular formula is C22H27N5O4S. The lowest BCUT2D eigenvalue weighted by atomic mass is 10.2. The van der Waals surface area contributed by atoms with Crippen molar-refractivity contribution in [3.05, 3.63) is 30.3 Å². The van der Waals surface area contributed by atoms with Crippen LogP contribution in [0.3, 0.4) is 0 Å². The van der Waals surface area contributed by atoms with E-state index >= 15 is 0 Å². The number of thioether (sulfide) groups is 1. The lowest BCUT2D eigenvalue weighted by Crippen LogP contribution is -2.30. The lowest BCUT2D eigenvalue weighted by Gasteiger charge is -2.10. The van der Waals surface area contributed by atoms with Crippen LogP contribution in [0.5, 0.6) is 17.4 Å². The Bertz CT molecular complexity index is 1070. The molecule has 0 unspecified atom stereocenters. The first-order valence-electron chi connectivity index (χ1n) is 10.6. The summed E-state index contributed by atoms with van der Waals surface area (Å²) in [6, 6.07) is 9.02. The monoisotopic (exact) mass is 457 g/mol. The average Bonchev–Trinajstić information content (AvgIpc) is 3.49. The second-order valence-corrected chi connectivity index (χ2v) is 8.74. The van der Waals surface area contributed by atoms with Gasteiger partial charge in [0.05, 0.1) is 26.5 Å². The Morgan fingerprint density at radius 3 is 2.72 bits per heavy atom. The van der Waals surface area contributed by atoms with Gasteiger partial charge >= 0.3 is 0 Å². The molecule has 9 nitrogen and oxygen atoms in total. The van der Waals surface area contributed by atoms with Crippen LogP contribution in [0.1, 0.15) is 25.7 Å². The van der Waals surface area contributed by atoms with Crippen LogP contribution >= 0.6 is 11.8 Å². The van der Waals surface area contributed by atoms with Crippen molar-refractivity contribution in [3.8, 4) is 28.8 Å². The van der Waals surface area contributed by atoms with E-state index in [4.69, 9.17) is 14.2 Å². The summed E-state index contributed by atoms with van der Waals surface area (Å²) in [5.41, 5.74) is 1.38. The van der Waals surface area contributed by atoms with E-state index in [0.29, 0.717) is 53.0 Å². The van der Waals surface area contributed by atoms with Crippen molar-refractivity contribution in [1.29, 1.82) is 0 Å². The highest BCUT2D eigenvalue weighted by molar-refractivity contribution is 8.00. The molecule has 1 aromatic carbocycles. The molecule has 10 heteroatoms. The number of methoxy groups -OCH3 is 2. The Balaban J connectivity index is 1.35. The normalized spacial score (nSPS) is 13.9. The van der Waals surface area contributed by atoms with Crippen molar-refractivity contribution in [2.45, 2.75) is 30.9 Å². The third kappa shape index (κ3) is 5.24. The summed E-state index contributed by atoms with van der Waals surface area (Å²) in [7, 11) is 3.17. The van der Waals surface area contributed by atoms with Crippen LogP contribution < -0.4 is 19.5 Å². The third-order valence-corrected chi connectivity index (χ3v) is 6.68. The number of benzene rings is 1. The fraction of sp³-hybridized carbons (Fsp3) is 0.455. The summed E-state index contributed by atoms with van der Waals surface area (Å²) in [6.07, 6.45) is 5.02. The Morgan fingerprint density at radius 1 is 1.12 bits per heavy atom. The topological polar surface area (TPSA) is 99.9 Å². The number of aromatic nitrogens is 4. The fourth-order valence-electron chi connectivity index (χ4n) is 3.65. The first-order chi connectivity index (χ1) is 15.7. The maximum atomic E-state index is 12.0. The van der Waals surface area contributed by atoms with Crippen molar-refractivity contribution in [2.75, 3.05) is 33.1 Å². The van der Waals surface area contributed by atoms with E-state index in [1.807, 2.05) is 18.2 Å². The minimum atomic E-state index is 0.0449. The average molecular weight is 458 g/mol. The highest BCUT2D eigenvalue weighted by atomic mass is 32.2. The zero-order chi connectivity index (χ0) is 22.3. The maximum Gasteiger partial charge on any atom is 0.231 e. The van der Waals surface area contributed by atoms with Gasteiger partial charge in [0.2, 0.25) is 11.8 Å². The predicted molar refractivity (Wildman–Crippen MR) is 123 cm³/mol. The number of fused-ring (bicyclic) bond motifs is 1. The molecule has 1 aliphatic carbocycles. The molecule has 0 saturated heterocycles. The van der Waals surface area contributed by atoms with Gasteiger partial charge in [0.15, 0.2) is 23.0 Å². The zero-order valence-electron chi connectivity index (χ0n) is 18.2. The van der Waals surface area contributed by atoms with Gasteiger partial charge in [-0.3, -0.25) is 4.79 Å². The summed E-state index contributed by atoms with van der Waals surface area (Å²) < 4.78 is 18.0. The Kier molecular flexibility index (Phi) is 7.31. The molecule has 4 rings (SSSR count). The highest BCUT2D eigenvalue weighted by Gasteiger charge is 2.17. The smallest absolute Gasteiger partial charge is 0.231 e. The molecule has 0 radical (unpaired) electrons. The van der Waals surface area contributed by atoms with Crippen molar-refractivity contribution in [2.24, 2.45) is 0 Å². The molecule has 2 aromatic heterocycles. The van der Waals surface area contributed by atoms with Gasteiger partial charge in [0, 0.05) is 16.9 Å². The predicted octanol–water partition coefficient (Wildman–Crippen LogP) is 2.98. The number of ether oxygens (including phenoxy) is 3. The third-order valence-electron chi connectivity index (χ3n) is 5.31. The molecule has 1 N–H and O–H groups in total. The molecule has 32 heavy (non-hydrogen) atoms. The molecule has 0 bridgehead atoms. The summed E-state index contributed by atoms with van der Waals surface area (Å²) in [5, 5.41) is 16.5. The van der Waals surface area contributed by atoms with Gasteiger partial charge in [0.1, 0.15) is 6.61 Å². The van der Waals surface area contributed by atoms with Gasteiger partial charge in [-0.25, -0.2) is 0 Å². The Morgan fingerprint density at radius 2 is 1.94 bits per heavy atom. The lowest BCUT2D eigenvalue weighted by molar-refractivity contribution is -0.118. The Hall–Kier alpha value is -3.01. The number of carbonyl (C=O) groups is 1. The number of amides is 1. The van der Waals surface area contributed by atoms with Crippen LogP contribution in [0.25, 0.3) is 17.0 Å². The van der Waals surface area contributed by atoms with Gasteiger partial charge in [-0.05, 0) is 37.1 Å². The number of hydrogen-bond donors (Lipinski definition) is 1. The van der Waals surface area contributed by atoms with Crippen LogP contribution in [-0.2, 0) is 4.79 Å². The van der Waals surface area contributed by atoms with E-state index in [9.17, 15) is 4.79 Å². The number of carbonyl (C=O) groups excluding carboxylic acids is 1. The van der Waals surface area contributed by atoms with Gasteiger partial charge in [-0.2, -0.15) is 4.52 Å². The second kappa shape index (κ2) is 10.5. The van der Waals surface area contributed by atoms with E-state index in [2.05, 4.69) is 20.6 Å². The SMILES string of the molecule is COc1ccc(-c2nnc3ccc(OCCNC(=O)CSC4CCCC4)nn23)cc1OC. The summed E-state index contributed by atoms with van der Waals surface area (Å²) >= 11 is 1.75. The van der Waals surface area contributed by atoms with Gasteiger partial charge < -0.3 is 19.5 Å². The minimum Gasteiger partial charge on any atom is -0.493 e. The molecule has 1 saturated carbocycles. The van der Waals surface area contributed by atoms with Gasteiger partial charge in [-0.1, -0.05) is 12.8 Å². The van der Waals surface area contributed by atoms with Crippen LogP contribution in [0.15, 0.2) is 30.3 Å². The standard InChI is InChI=1S/C22H27N5O4S/c1-29-17-8-7-15(13-18(17)30-2)22-25-24-19-9-10-21(26-27(19)22)31-12-11-23-20(28)14-32-16-5-3-4-6-16/h7-10,13,16H,3-6,11-12,14H2,1-2H3,(H,23,28). The van der Waals surface area contributed by atoms with Crippen LogP contribution in [0.4, 0.5) is 0 Å². The van der Waals surface area contributed by atoms with E-state index < -0.39 is 0 Å². The van der Waals surface area contributed by atoms with Crippen LogP contribution in [-0.4, -0.2) is 64.1 Å². The van der Waals surface area contributed by atoms with Crippen molar-refractivity contribution in [3.63, 3.8) is 0 Å². The maximum absolute atomic E-state index is 12.0. The van der Waals surface area contributed by atoms with Crippen LogP contribution in [0.2, 0.25) is 0 Å². The first kappa shape index (κ1) is 22.2. The minimum absolute atomic E-state index is 0.0449. The molecule has 2 heterocycles. The van der Waals surface area contributed by atoms with Crippen LogP contribution in [0, 0.1) is 0 Å². The van der Waals surface area contributed by atoms with Gasteiger partial charge in [-0.15, -0.1) is 27.1 Å². The number of nitrogens with zero attached hydrogens (tertiary/aromatic N) is 4. The number of nitrogens with one attached hydrogen (secondary N) is 1. The van der Waals surface area contributed by atoms with Gasteiger partial charge in [0.25, 0.3) is 0 Å². The molecule has 1 fully saturated rings. The van der Waals surface area contributed by atoms with Crippen molar-refractivity contribution < 1.29 is 19.0 Å². The highest BCUT2D eigenvalue weighted by Crippen LogP contribution is 2.32. The fourth-order valence-corrected chi connectivity index (χ4v) is 4.81. The molecule has 1 aliphatic rings. The molecule has 0 spiro atoms. The van der Waals surface area contributed by atoms with E-state index in [1.165, 1.54) is 25.7 Å². The molecule has 0 atom stereocenters. The molecule has 3 aromatic rings. The largest absolute Gasteiger partial charge is 0.493 e.